The number of hydrazine groups is 1. The third-order valence-corrected chi connectivity index (χ3v) is 2.48. The van der Waals surface area contributed by atoms with E-state index in [-0.39, 0.29) is 17.8 Å². The van der Waals surface area contributed by atoms with E-state index >= 15 is 0 Å². The zero-order chi connectivity index (χ0) is 12.3. The molecule has 16 heavy (non-hydrogen) atoms. The van der Waals surface area contributed by atoms with Gasteiger partial charge in [0.2, 0.25) is 5.91 Å². The molecule has 0 aliphatic heterocycles. The van der Waals surface area contributed by atoms with Crippen LogP contribution in [0, 0.1) is 16.0 Å². The molecule has 2 unspecified atom stereocenters. The second-order valence-electron chi connectivity index (χ2n) is 3.45. The number of hydrogen-bond donors (Lipinski definition) is 2. The van der Waals surface area contributed by atoms with Crippen molar-refractivity contribution in [3.63, 3.8) is 0 Å². The molecule has 1 aromatic heterocycles. The maximum Gasteiger partial charge on any atom is 0.389 e. The van der Waals surface area contributed by atoms with Crippen LogP contribution in [-0.4, -0.2) is 20.6 Å². The van der Waals surface area contributed by atoms with Crippen molar-refractivity contribution in [3.05, 3.63) is 22.4 Å². The number of rotatable bonds is 4. The summed E-state index contributed by atoms with van der Waals surface area (Å²) in [5.41, 5.74) is 2.03. The summed E-state index contributed by atoms with van der Waals surface area (Å²) >= 11 is 0. The molecule has 88 valence electrons. The van der Waals surface area contributed by atoms with Gasteiger partial charge in [0.15, 0.2) is 0 Å². The molecule has 0 aliphatic rings. The average Bonchev–Trinajstić information content (AvgIpc) is 2.75. The van der Waals surface area contributed by atoms with Crippen LogP contribution in [0.1, 0.15) is 19.9 Å². The number of nitrogens with two attached hydrogens (primary N) is 1. The molecular formula is C8H13N5O3. The normalized spacial score (nSPS) is 14.2. The topological polar surface area (TPSA) is 116 Å². The molecule has 0 aliphatic carbocycles. The first kappa shape index (κ1) is 12.1. The van der Waals surface area contributed by atoms with Gasteiger partial charge in [-0.15, -0.1) is 0 Å². The van der Waals surface area contributed by atoms with Gasteiger partial charge in [-0.1, -0.05) is 6.92 Å². The van der Waals surface area contributed by atoms with Crippen LogP contribution in [0.3, 0.4) is 0 Å². The number of aromatic nitrogens is 2. The Morgan fingerprint density at radius 1 is 1.69 bits per heavy atom. The van der Waals surface area contributed by atoms with Gasteiger partial charge >= 0.3 is 5.82 Å². The smallest absolute Gasteiger partial charge is 0.358 e. The highest BCUT2D eigenvalue weighted by molar-refractivity contribution is 5.78. The summed E-state index contributed by atoms with van der Waals surface area (Å²) in [4.78, 5) is 21.1. The maximum absolute atomic E-state index is 11.3. The first-order valence-electron chi connectivity index (χ1n) is 4.67. The Kier molecular flexibility index (Phi) is 3.56. The lowest BCUT2D eigenvalue weighted by Crippen LogP contribution is -2.37. The molecule has 3 N–H and O–H groups in total. The van der Waals surface area contributed by atoms with Crippen LogP contribution in [0.5, 0.6) is 0 Å². The Labute approximate surface area is 91.5 Å². The number of nitrogens with zero attached hydrogens (tertiary/aromatic N) is 3. The van der Waals surface area contributed by atoms with E-state index in [1.165, 1.54) is 16.9 Å². The van der Waals surface area contributed by atoms with E-state index in [9.17, 15) is 14.9 Å². The van der Waals surface area contributed by atoms with E-state index in [0.717, 1.165) is 0 Å². The summed E-state index contributed by atoms with van der Waals surface area (Å²) in [7, 11) is 0. The van der Waals surface area contributed by atoms with Gasteiger partial charge in [0.05, 0.1) is 29.3 Å². The molecule has 0 spiro atoms. The average molecular weight is 227 g/mol. The van der Waals surface area contributed by atoms with Gasteiger partial charge in [0.1, 0.15) is 0 Å². The summed E-state index contributed by atoms with van der Waals surface area (Å²) in [5, 5.41) is 14.2. The van der Waals surface area contributed by atoms with Crippen LogP contribution < -0.4 is 11.3 Å². The Morgan fingerprint density at radius 3 is 2.75 bits per heavy atom. The van der Waals surface area contributed by atoms with E-state index in [1.54, 1.807) is 13.8 Å². The molecule has 0 fully saturated rings. The summed E-state index contributed by atoms with van der Waals surface area (Å²) < 4.78 is 1.37. The standard InChI is InChI=1S/C8H13N5O3/c1-5(8(14)10-9)6(2)12-4-3-7(11-12)13(15)16/h3-6H,9H2,1-2H3,(H,10,14). The highest BCUT2D eigenvalue weighted by Crippen LogP contribution is 2.18. The lowest BCUT2D eigenvalue weighted by Gasteiger charge is -2.15. The molecular weight excluding hydrogens is 214 g/mol. The Morgan fingerprint density at radius 2 is 2.31 bits per heavy atom. The molecule has 0 saturated carbocycles. The zero-order valence-electron chi connectivity index (χ0n) is 8.95. The lowest BCUT2D eigenvalue weighted by molar-refractivity contribution is -0.389. The number of nitro groups is 1. The van der Waals surface area contributed by atoms with E-state index in [1.807, 2.05) is 5.43 Å². The monoisotopic (exact) mass is 227 g/mol. The molecule has 0 aromatic carbocycles. The Hall–Kier alpha value is -1.96. The van der Waals surface area contributed by atoms with E-state index in [2.05, 4.69) is 5.10 Å². The van der Waals surface area contributed by atoms with E-state index < -0.39 is 10.8 Å². The maximum atomic E-state index is 11.3. The van der Waals surface area contributed by atoms with Gasteiger partial charge in [0.25, 0.3) is 0 Å². The van der Waals surface area contributed by atoms with Gasteiger partial charge in [0, 0.05) is 0 Å². The van der Waals surface area contributed by atoms with Gasteiger partial charge < -0.3 is 10.1 Å². The predicted octanol–water partition coefficient (Wildman–Crippen LogP) is -0.0217. The van der Waals surface area contributed by atoms with Crippen molar-refractivity contribution in [2.24, 2.45) is 11.8 Å². The summed E-state index contributed by atoms with van der Waals surface area (Å²) in [6, 6.07) is 0.973. The predicted molar refractivity (Wildman–Crippen MR) is 55.1 cm³/mol. The van der Waals surface area contributed by atoms with Gasteiger partial charge in [-0.3, -0.25) is 10.2 Å². The van der Waals surface area contributed by atoms with Gasteiger partial charge in [-0.2, -0.15) is 4.68 Å². The first-order chi connectivity index (χ1) is 7.47. The summed E-state index contributed by atoms with van der Waals surface area (Å²) in [5.74, 6) is 3.99. The first-order valence-corrected chi connectivity index (χ1v) is 4.67. The third kappa shape index (κ3) is 2.34. The highest BCUT2D eigenvalue weighted by atomic mass is 16.6. The fraction of sp³-hybridized carbons (Fsp3) is 0.500. The van der Waals surface area contributed by atoms with E-state index in [4.69, 9.17) is 5.84 Å². The lowest BCUT2D eigenvalue weighted by atomic mass is 10.0. The zero-order valence-corrected chi connectivity index (χ0v) is 8.95. The fourth-order valence-electron chi connectivity index (χ4n) is 1.23. The molecule has 1 aromatic rings. The van der Waals surface area contributed by atoms with Crippen molar-refractivity contribution in [2.75, 3.05) is 0 Å². The number of nitrogens with one attached hydrogen (secondary N) is 1. The van der Waals surface area contributed by atoms with Crippen molar-refractivity contribution in [3.8, 4) is 0 Å². The van der Waals surface area contributed by atoms with Crippen LogP contribution in [0.2, 0.25) is 0 Å². The van der Waals surface area contributed by atoms with Crippen molar-refractivity contribution >= 4 is 11.7 Å². The molecule has 2 atom stereocenters. The third-order valence-electron chi connectivity index (χ3n) is 2.48. The molecule has 0 bridgehead atoms. The van der Waals surface area contributed by atoms with Crippen molar-refractivity contribution < 1.29 is 9.72 Å². The molecule has 1 rings (SSSR count). The molecule has 1 amide bonds. The number of hydrogen-bond acceptors (Lipinski definition) is 5. The largest absolute Gasteiger partial charge is 0.389 e. The van der Waals surface area contributed by atoms with Crippen molar-refractivity contribution in [1.82, 2.24) is 15.2 Å². The number of amides is 1. The SMILES string of the molecule is CC(C(=O)NN)C(C)n1ccc([N+](=O)[O-])n1. The van der Waals surface area contributed by atoms with E-state index in [0.29, 0.717) is 0 Å². The minimum Gasteiger partial charge on any atom is -0.358 e. The second-order valence-corrected chi connectivity index (χ2v) is 3.45. The Bertz CT molecular complexity index is 402. The molecule has 0 radical (unpaired) electrons. The molecule has 0 saturated heterocycles. The minimum atomic E-state index is -0.586. The molecule has 8 heteroatoms. The summed E-state index contributed by atoms with van der Waals surface area (Å²) in [6.07, 6.45) is 1.46. The van der Waals surface area contributed by atoms with Gasteiger partial charge in [-0.05, 0) is 11.8 Å². The van der Waals surface area contributed by atoms with Crippen LogP contribution in [0.4, 0.5) is 5.82 Å². The van der Waals surface area contributed by atoms with Crippen LogP contribution in [-0.2, 0) is 4.79 Å². The Balaban J connectivity index is 2.83. The van der Waals surface area contributed by atoms with Crippen LogP contribution in [0.15, 0.2) is 12.3 Å². The number of carbonyl (C=O) groups excluding carboxylic acids is 1. The number of carbonyl (C=O) groups is 1. The highest BCUT2D eigenvalue weighted by Gasteiger charge is 2.25. The molecule has 1 heterocycles. The quantitative estimate of drug-likeness (QED) is 0.324. The molecule has 8 nitrogen and oxygen atoms in total. The van der Waals surface area contributed by atoms with Gasteiger partial charge in [-0.25, -0.2) is 5.84 Å². The summed E-state index contributed by atoms with van der Waals surface area (Å²) in [6.45, 7) is 3.40. The minimum absolute atomic E-state index is 0.243. The van der Waals surface area contributed by atoms with Crippen molar-refractivity contribution in [2.45, 2.75) is 19.9 Å². The van der Waals surface area contributed by atoms with Crippen LogP contribution in [0.25, 0.3) is 0 Å². The van der Waals surface area contributed by atoms with Crippen molar-refractivity contribution in [1.29, 1.82) is 0 Å². The van der Waals surface area contributed by atoms with Crippen LogP contribution >= 0.6 is 0 Å². The second kappa shape index (κ2) is 4.71. The fourth-order valence-corrected chi connectivity index (χ4v) is 1.23.